The molecule has 6 heterocycles. The molecule has 0 saturated heterocycles. The minimum absolute atomic E-state index is 0.00644. The molecule has 4 aliphatic rings. The molecule has 2 N–H and O–H groups in total. The van der Waals surface area contributed by atoms with Gasteiger partial charge in [-0.2, -0.15) is 10.2 Å². The summed E-state index contributed by atoms with van der Waals surface area (Å²) in [6.45, 7) is 0.916. The Hall–Kier alpha value is -5.24. The van der Waals surface area contributed by atoms with Gasteiger partial charge < -0.3 is 30.2 Å². The number of hydrogen-bond acceptors (Lipinski definition) is 6. The molecule has 4 aliphatic heterocycles. The molecule has 4 aromatic rings. The third-order valence-corrected chi connectivity index (χ3v) is 10.9. The number of alkyl halides is 2. The van der Waals surface area contributed by atoms with Crippen LogP contribution in [0.25, 0.3) is 0 Å². The molecule has 2 atom stereocenters. The molecular weight excluding hydrogens is 847 g/mol. The van der Waals surface area contributed by atoms with Crippen LogP contribution in [0, 0.1) is 17.5 Å². The highest BCUT2D eigenvalue weighted by molar-refractivity contribution is 9.10. The monoisotopic (exact) mass is 880 g/mol. The zero-order valence-electron chi connectivity index (χ0n) is 30.5. The van der Waals surface area contributed by atoms with Gasteiger partial charge in [-0.05, 0) is 40.2 Å². The Morgan fingerprint density at radius 1 is 0.737 bits per heavy atom. The maximum atomic E-state index is 14.1. The number of benzene rings is 2. The van der Waals surface area contributed by atoms with E-state index in [0.29, 0.717) is 65.9 Å². The third-order valence-electron chi connectivity index (χ3n) is 9.98. The van der Waals surface area contributed by atoms with Crippen molar-refractivity contribution in [3.8, 4) is 0 Å². The first-order valence-corrected chi connectivity index (χ1v) is 18.9. The molecule has 0 bridgehead atoms. The summed E-state index contributed by atoms with van der Waals surface area (Å²) in [6, 6.07) is 4.75. The van der Waals surface area contributed by atoms with E-state index in [1.807, 2.05) is 0 Å². The lowest BCUT2D eigenvalue weighted by atomic mass is 10.0. The van der Waals surface area contributed by atoms with E-state index in [-0.39, 0.29) is 72.0 Å². The molecule has 302 valence electrons. The summed E-state index contributed by atoms with van der Waals surface area (Å²) in [7, 11) is 3.07. The number of anilines is 2. The number of urea groups is 2. The fraction of sp³-hybridized carbons (Fsp3) is 0.389. The molecule has 57 heavy (non-hydrogen) atoms. The quantitative estimate of drug-likeness (QED) is 0.198. The third kappa shape index (κ3) is 8.14. The topological polar surface area (TPSA) is 141 Å². The summed E-state index contributed by atoms with van der Waals surface area (Å²) >= 11 is 8.71. The van der Waals surface area contributed by atoms with E-state index in [1.54, 1.807) is 7.05 Å². The Morgan fingerprint density at radius 3 is 1.75 bits per heavy atom. The smallest absolute Gasteiger partial charge is 0.322 e. The van der Waals surface area contributed by atoms with Crippen molar-refractivity contribution in [1.82, 2.24) is 39.2 Å². The average molecular weight is 882 g/mol. The van der Waals surface area contributed by atoms with Crippen molar-refractivity contribution in [2.24, 2.45) is 0 Å². The summed E-state index contributed by atoms with van der Waals surface area (Å²) in [5.74, 6) is -2.91. The second kappa shape index (κ2) is 16.0. The van der Waals surface area contributed by atoms with Crippen LogP contribution in [0.3, 0.4) is 0 Å². The maximum Gasteiger partial charge on any atom is 0.322 e. The lowest BCUT2D eigenvalue weighted by molar-refractivity contribution is 0.0761. The molecule has 2 aromatic heterocycles. The van der Waals surface area contributed by atoms with Crippen molar-refractivity contribution >= 4 is 62.8 Å². The van der Waals surface area contributed by atoms with E-state index >= 15 is 0 Å². The average Bonchev–Trinajstić information content (AvgIpc) is 3.64. The molecule has 0 fully saturated rings. The number of rotatable bonds is 2. The van der Waals surface area contributed by atoms with Gasteiger partial charge in [0.25, 0.3) is 11.8 Å². The van der Waals surface area contributed by atoms with E-state index in [9.17, 15) is 41.1 Å². The molecule has 21 heteroatoms. The molecule has 6 amide bonds. The number of nitrogens with zero attached hydrogens (tertiary/aromatic N) is 8. The van der Waals surface area contributed by atoms with Crippen LogP contribution in [0.1, 0.15) is 43.5 Å². The molecule has 2 aromatic carbocycles. The highest BCUT2D eigenvalue weighted by Gasteiger charge is 2.36. The van der Waals surface area contributed by atoms with Crippen LogP contribution in [-0.2, 0) is 39.0 Å². The minimum Gasteiger partial charge on any atom is -0.337 e. The van der Waals surface area contributed by atoms with E-state index in [1.165, 1.54) is 54.2 Å². The molecule has 2 unspecified atom stereocenters. The van der Waals surface area contributed by atoms with E-state index in [4.69, 9.17) is 11.6 Å². The molecule has 0 radical (unpaired) electrons. The van der Waals surface area contributed by atoms with Gasteiger partial charge in [-0.15, -0.1) is 0 Å². The Kier molecular flexibility index (Phi) is 11.2. The fourth-order valence-corrected chi connectivity index (χ4v) is 7.67. The van der Waals surface area contributed by atoms with Crippen molar-refractivity contribution < 1.29 is 41.1 Å². The number of aromatic nitrogens is 4. The lowest BCUT2D eigenvalue weighted by Gasteiger charge is -2.27. The zero-order valence-corrected chi connectivity index (χ0v) is 32.8. The van der Waals surface area contributed by atoms with E-state index in [0.717, 1.165) is 6.07 Å². The zero-order chi connectivity index (χ0) is 40.9. The van der Waals surface area contributed by atoms with Gasteiger partial charge in [0, 0.05) is 62.9 Å². The largest absolute Gasteiger partial charge is 0.337 e. The van der Waals surface area contributed by atoms with Crippen molar-refractivity contribution in [3.63, 3.8) is 0 Å². The Labute approximate surface area is 335 Å². The van der Waals surface area contributed by atoms with Gasteiger partial charge in [0.2, 0.25) is 0 Å². The molecule has 0 aliphatic carbocycles. The van der Waals surface area contributed by atoms with Crippen LogP contribution < -0.4 is 10.6 Å². The highest BCUT2D eigenvalue weighted by Crippen LogP contribution is 2.30. The number of nitrogens with one attached hydrogen (secondary N) is 2. The molecule has 14 nitrogen and oxygen atoms in total. The van der Waals surface area contributed by atoms with Crippen LogP contribution >= 0.6 is 27.5 Å². The van der Waals surface area contributed by atoms with Crippen molar-refractivity contribution in [2.45, 2.75) is 51.4 Å². The SMILES string of the molecule is CN1CC(F)Cn2nc3c(c2C1=O)CN(C(=O)Nc1cc(Br)c(F)cc1F)CC3.CN1CC(F)Cn2nc3c(c2C1=O)CN(C(=O)Nc1ccc(F)c(Cl)c1)CC3. The van der Waals surface area contributed by atoms with Gasteiger partial charge in [-0.25, -0.2) is 31.5 Å². The minimum atomic E-state index is -1.23. The highest BCUT2D eigenvalue weighted by atomic mass is 79.9. The second-order valence-electron chi connectivity index (χ2n) is 14.1. The number of halogens is 7. The first kappa shape index (κ1) is 40.0. The summed E-state index contributed by atoms with van der Waals surface area (Å²) in [5.41, 5.74) is 3.37. The predicted octanol–water partition coefficient (Wildman–Crippen LogP) is 5.63. The Bertz CT molecular complexity index is 2290. The molecule has 8 rings (SSSR count). The number of hydrogen-bond donors (Lipinski definition) is 2. The predicted molar refractivity (Wildman–Crippen MR) is 200 cm³/mol. The van der Waals surface area contributed by atoms with E-state index in [2.05, 4.69) is 36.8 Å². The van der Waals surface area contributed by atoms with Crippen LogP contribution in [0.2, 0.25) is 5.02 Å². The molecule has 0 saturated carbocycles. The Morgan fingerprint density at radius 2 is 1.25 bits per heavy atom. The first-order valence-electron chi connectivity index (χ1n) is 17.8. The van der Waals surface area contributed by atoms with Gasteiger partial charge in [0.05, 0.1) is 65.8 Å². The second-order valence-corrected chi connectivity index (χ2v) is 15.3. The number of fused-ring (bicyclic) bond motifs is 6. The summed E-state index contributed by atoms with van der Waals surface area (Å²) < 4.78 is 71.6. The van der Waals surface area contributed by atoms with Crippen LogP contribution in [0.5, 0.6) is 0 Å². The van der Waals surface area contributed by atoms with Gasteiger partial charge in [0.15, 0.2) is 0 Å². The summed E-state index contributed by atoms with van der Waals surface area (Å²) in [6.07, 6.45) is -1.59. The molecule has 0 spiro atoms. The van der Waals surface area contributed by atoms with Crippen molar-refractivity contribution in [3.05, 3.63) is 91.2 Å². The standard InChI is InChI=1S/C18H17BrF3N5O2.C18H18ClF2N5O2/c1-25-6-9(20)7-27-16(17(25)28)10-8-26(3-2-14(10)24-27)18(29)23-15-4-11(19)12(21)5-13(15)22;1-24-7-10(20)8-26-16(17(24)27)12-9-25(5-4-15(12)23-26)18(28)22-11-2-3-14(21)13(19)6-11/h4-5,9H,2-3,6-8H2,1H3,(H,23,29);2-3,6,10H,4-5,7-9H2,1H3,(H,22,28). The maximum absolute atomic E-state index is 14.1. The van der Waals surface area contributed by atoms with Gasteiger partial charge in [0.1, 0.15) is 41.2 Å². The van der Waals surface area contributed by atoms with E-state index < -0.39 is 41.9 Å². The van der Waals surface area contributed by atoms with Gasteiger partial charge in [-0.3, -0.25) is 19.0 Å². The number of carbonyl (C=O) groups excluding carboxylic acids is 4. The lowest BCUT2D eigenvalue weighted by Crippen LogP contribution is -2.40. The number of carbonyl (C=O) groups is 4. The van der Waals surface area contributed by atoms with Crippen LogP contribution in [0.15, 0.2) is 34.8 Å². The van der Waals surface area contributed by atoms with Gasteiger partial charge >= 0.3 is 12.1 Å². The number of amides is 6. The first-order chi connectivity index (χ1) is 27.1. The summed E-state index contributed by atoms with van der Waals surface area (Å²) in [5, 5.41) is 13.8. The van der Waals surface area contributed by atoms with Crippen LogP contribution in [0.4, 0.5) is 42.9 Å². The fourth-order valence-electron chi connectivity index (χ4n) is 7.14. The Balaban J connectivity index is 0.000000174. The van der Waals surface area contributed by atoms with Crippen molar-refractivity contribution in [2.75, 3.05) is 50.9 Å². The normalized spacial score (nSPS) is 19.0. The van der Waals surface area contributed by atoms with Gasteiger partial charge in [-0.1, -0.05) is 11.6 Å². The van der Waals surface area contributed by atoms with Crippen molar-refractivity contribution in [1.29, 1.82) is 0 Å². The summed E-state index contributed by atoms with van der Waals surface area (Å²) in [4.78, 5) is 56.2. The van der Waals surface area contributed by atoms with Crippen LogP contribution in [-0.4, -0.2) is 116 Å². The molecular formula is C36H35BrClF5N10O4.